The Hall–Kier alpha value is -3.77. The molecule has 0 aliphatic carbocycles. The van der Waals surface area contributed by atoms with Crippen LogP contribution in [0.1, 0.15) is 29.9 Å². The third-order valence-corrected chi connectivity index (χ3v) is 6.47. The van der Waals surface area contributed by atoms with Gasteiger partial charge in [-0.2, -0.15) is 0 Å². The summed E-state index contributed by atoms with van der Waals surface area (Å²) in [7, 11) is 0. The molecule has 0 bridgehead atoms. The number of nitro benzene ring substituents is 1. The first kappa shape index (κ1) is 25.8. The van der Waals surface area contributed by atoms with Gasteiger partial charge in [-0.1, -0.05) is 0 Å². The van der Waals surface area contributed by atoms with Crippen LogP contribution in [0.5, 0.6) is 0 Å². The largest absolute Gasteiger partial charge is 0.466 e. The number of non-ortho nitro benzene ring substituents is 1. The monoisotopic (exact) mass is 514 g/mol. The number of hydrogen-bond donors (Lipinski definition) is 2. The number of aromatic nitrogens is 1. The van der Waals surface area contributed by atoms with E-state index in [2.05, 4.69) is 15.6 Å². The molecular weight excluding hydrogens is 492 g/mol. The third kappa shape index (κ3) is 7.62. The SMILES string of the molecule is CCOC(=O)Cc1csc(NC(=O)C(C)Sc2ccc(NC(=O)c3ccc([N+](=O)[O-])cc3)cc2)n1. The van der Waals surface area contributed by atoms with Crippen molar-refractivity contribution >= 4 is 57.4 Å². The molecule has 12 heteroatoms. The van der Waals surface area contributed by atoms with E-state index in [0.29, 0.717) is 28.7 Å². The summed E-state index contributed by atoms with van der Waals surface area (Å²) in [6.07, 6.45) is 0.0532. The number of rotatable bonds is 10. The molecule has 1 heterocycles. The number of ether oxygens (including phenoxy) is 1. The normalized spacial score (nSPS) is 11.4. The first-order chi connectivity index (χ1) is 16.7. The maximum atomic E-state index is 12.5. The van der Waals surface area contributed by atoms with E-state index in [0.717, 1.165) is 4.90 Å². The summed E-state index contributed by atoms with van der Waals surface area (Å²) in [6, 6.07) is 12.3. The summed E-state index contributed by atoms with van der Waals surface area (Å²) in [5.41, 5.74) is 1.29. The second kappa shape index (κ2) is 12.1. The van der Waals surface area contributed by atoms with Gasteiger partial charge in [0, 0.05) is 33.7 Å². The second-order valence-corrected chi connectivity index (χ2v) is 9.43. The van der Waals surface area contributed by atoms with Gasteiger partial charge in [0.15, 0.2) is 5.13 Å². The highest BCUT2D eigenvalue weighted by atomic mass is 32.2. The van der Waals surface area contributed by atoms with E-state index in [1.54, 1.807) is 43.5 Å². The molecule has 2 amide bonds. The zero-order chi connectivity index (χ0) is 25.4. The van der Waals surface area contributed by atoms with E-state index in [-0.39, 0.29) is 29.9 Å². The molecule has 0 aliphatic rings. The highest BCUT2D eigenvalue weighted by Crippen LogP contribution is 2.26. The minimum Gasteiger partial charge on any atom is -0.466 e. The van der Waals surface area contributed by atoms with Crippen LogP contribution in [0.3, 0.4) is 0 Å². The standard InChI is InChI=1S/C23H22N4O6S2/c1-3-33-20(28)12-17-13-34-23(25-17)26-21(29)14(2)35-19-10-6-16(7-11-19)24-22(30)15-4-8-18(9-5-15)27(31)32/h4-11,13-14H,3,12H2,1-2H3,(H,24,30)(H,25,26,29). The van der Waals surface area contributed by atoms with Crippen LogP contribution in [-0.2, 0) is 20.7 Å². The van der Waals surface area contributed by atoms with Crippen molar-refractivity contribution in [3.63, 3.8) is 0 Å². The smallest absolute Gasteiger partial charge is 0.311 e. The predicted octanol–water partition coefficient (Wildman–Crippen LogP) is 4.53. The molecule has 3 aromatic rings. The van der Waals surface area contributed by atoms with E-state index >= 15 is 0 Å². The van der Waals surface area contributed by atoms with Crippen LogP contribution < -0.4 is 10.6 Å². The van der Waals surface area contributed by atoms with Crippen molar-refractivity contribution < 1.29 is 24.0 Å². The Kier molecular flexibility index (Phi) is 8.92. The Balaban J connectivity index is 1.51. The number of nitrogens with one attached hydrogen (secondary N) is 2. The van der Waals surface area contributed by atoms with Crippen molar-refractivity contribution in [3.8, 4) is 0 Å². The van der Waals surface area contributed by atoms with E-state index in [1.165, 1.54) is 47.4 Å². The molecule has 0 saturated heterocycles. The lowest BCUT2D eigenvalue weighted by molar-refractivity contribution is -0.384. The number of thiazole rings is 1. The average Bonchev–Trinajstić information content (AvgIpc) is 3.26. The lowest BCUT2D eigenvalue weighted by Crippen LogP contribution is -2.22. The van der Waals surface area contributed by atoms with Crippen molar-refractivity contribution in [1.29, 1.82) is 0 Å². The van der Waals surface area contributed by atoms with Crippen LogP contribution in [0.4, 0.5) is 16.5 Å². The van der Waals surface area contributed by atoms with Crippen LogP contribution in [0.2, 0.25) is 0 Å². The fourth-order valence-corrected chi connectivity index (χ4v) is 4.41. The number of nitrogens with zero attached hydrogens (tertiary/aromatic N) is 2. The van der Waals surface area contributed by atoms with Gasteiger partial charge in [0.05, 0.1) is 28.9 Å². The highest BCUT2D eigenvalue weighted by Gasteiger charge is 2.17. The third-order valence-electron chi connectivity index (χ3n) is 4.55. The summed E-state index contributed by atoms with van der Waals surface area (Å²) in [5.74, 6) is -0.992. The lowest BCUT2D eigenvalue weighted by Gasteiger charge is -2.11. The molecule has 0 radical (unpaired) electrons. The predicted molar refractivity (Wildman–Crippen MR) is 134 cm³/mol. The van der Waals surface area contributed by atoms with Gasteiger partial charge in [0.2, 0.25) is 5.91 Å². The molecule has 0 spiro atoms. The maximum absolute atomic E-state index is 12.5. The Labute approximate surface area is 209 Å². The number of thioether (sulfide) groups is 1. The molecule has 182 valence electrons. The van der Waals surface area contributed by atoms with Gasteiger partial charge >= 0.3 is 5.97 Å². The number of esters is 1. The van der Waals surface area contributed by atoms with Crippen molar-refractivity contribution in [2.75, 3.05) is 17.2 Å². The topological polar surface area (TPSA) is 141 Å². The quantitative estimate of drug-likeness (QED) is 0.174. The van der Waals surface area contributed by atoms with Gasteiger partial charge in [-0.3, -0.25) is 24.5 Å². The van der Waals surface area contributed by atoms with Crippen molar-refractivity contribution in [3.05, 3.63) is 75.3 Å². The van der Waals surface area contributed by atoms with Crippen LogP contribution in [0.15, 0.2) is 58.8 Å². The van der Waals surface area contributed by atoms with Gasteiger partial charge < -0.3 is 15.4 Å². The van der Waals surface area contributed by atoms with E-state index in [9.17, 15) is 24.5 Å². The zero-order valence-corrected chi connectivity index (χ0v) is 20.5. The minimum atomic E-state index is -0.528. The molecule has 3 rings (SSSR count). The van der Waals surface area contributed by atoms with Crippen LogP contribution in [0.25, 0.3) is 0 Å². The van der Waals surface area contributed by atoms with E-state index < -0.39 is 10.2 Å². The number of amides is 2. The Morgan fingerprint density at radius 2 is 1.80 bits per heavy atom. The van der Waals surface area contributed by atoms with Crippen molar-refractivity contribution in [2.45, 2.75) is 30.4 Å². The number of hydrogen-bond acceptors (Lipinski definition) is 9. The fraction of sp³-hybridized carbons (Fsp3) is 0.217. The highest BCUT2D eigenvalue weighted by molar-refractivity contribution is 8.00. The van der Waals surface area contributed by atoms with Gasteiger partial charge in [0.1, 0.15) is 0 Å². The van der Waals surface area contributed by atoms with Crippen LogP contribution in [-0.4, -0.2) is 39.5 Å². The molecule has 1 aromatic heterocycles. The van der Waals surface area contributed by atoms with E-state index in [4.69, 9.17) is 4.74 Å². The molecule has 1 unspecified atom stereocenters. The minimum absolute atomic E-state index is 0.0532. The number of carbonyl (C=O) groups excluding carboxylic acids is 3. The summed E-state index contributed by atoms with van der Waals surface area (Å²) in [6.45, 7) is 3.79. The fourth-order valence-electron chi connectivity index (χ4n) is 2.82. The summed E-state index contributed by atoms with van der Waals surface area (Å²) >= 11 is 2.57. The van der Waals surface area contributed by atoms with Gasteiger partial charge in [-0.15, -0.1) is 23.1 Å². The Bertz CT molecular complexity index is 1210. The molecule has 0 saturated carbocycles. The van der Waals surface area contributed by atoms with Gasteiger partial charge in [0.25, 0.3) is 11.6 Å². The number of nitro groups is 1. The summed E-state index contributed by atoms with van der Waals surface area (Å²) in [5, 5.41) is 17.9. The van der Waals surface area contributed by atoms with Gasteiger partial charge in [-0.05, 0) is 50.2 Å². The molecule has 0 aliphatic heterocycles. The molecule has 0 fully saturated rings. The number of anilines is 2. The number of benzene rings is 2. The molecule has 10 nitrogen and oxygen atoms in total. The molecular formula is C23H22N4O6S2. The number of carbonyl (C=O) groups is 3. The zero-order valence-electron chi connectivity index (χ0n) is 18.8. The first-order valence-electron chi connectivity index (χ1n) is 10.5. The Morgan fingerprint density at radius 1 is 1.11 bits per heavy atom. The molecule has 35 heavy (non-hydrogen) atoms. The maximum Gasteiger partial charge on any atom is 0.311 e. The van der Waals surface area contributed by atoms with E-state index in [1.807, 2.05) is 0 Å². The van der Waals surface area contributed by atoms with Crippen molar-refractivity contribution in [2.24, 2.45) is 0 Å². The lowest BCUT2D eigenvalue weighted by atomic mass is 10.2. The van der Waals surface area contributed by atoms with Crippen molar-refractivity contribution in [1.82, 2.24) is 4.98 Å². The Morgan fingerprint density at radius 3 is 2.43 bits per heavy atom. The molecule has 1 atom stereocenters. The summed E-state index contributed by atoms with van der Waals surface area (Å²) in [4.78, 5) is 51.7. The average molecular weight is 515 g/mol. The molecule has 2 aromatic carbocycles. The summed E-state index contributed by atoms with van der Waals surface area (Å²) < 4.78 is 4.89. The first-order valence-corrected chi connectivity index (χ1v) is 12.2. The van der Waals surface area contributed by atoms with Gasteiger partial charge in [-0.25, -0.2) is 4.98 Å². The van der Waals surface area contributed by atoms with Crippen LogP contribution >= 0.6 is 23.1 Å². The second-order valence-electron chi connectivity index (χ2n) is 7.16. The van der Waals surface area contributed by atoms with Crippen LogP contribution in [0, 0.1) is 10.1 Å². The molecule has 2 N–H and O–H groups in total.